The summed E-state index contributed by atoms with van der Waals surface area (Å²) in [5, 5.41) is 7.54. The maximum atomic E-state index is 12.8. The summed E-state index contributed by atoms with van der Waals surface area (Å²) in [5.74, 6) is 0.890. The van der Waals surface area contributed by atoms with Crippen molar-refractivity contribution >= 4 is 18.0 Å². The average Bonchev–Trinajstić information content (AvgIpc) is 3.41. The van der Waals surface area contributed by atoms with Crippen LogP contribution in [0, 0.1) is 0 Å². The fraction of sp³-hybridized carbons (Fsp3) is 0.320. The Morgan fingerprint density at radius 3 is 2.36 bits per heavy atom. The van der Waals surface area contributed by atoms with Gasteiger partial charge in [0.25, 0.3) is 0 Å². The van der Waals surface area contributed by atoms with E-state index < -0.39 is 11.7 Å². The first-order chi connectivity index (χ1) is 15.8. The smallest absolute Gasteiger partial charge is 0.418 e. The molecule has 0 unspecified atom stereocenters. The van der Waals surface area contributed by atoms with Gasteiger partial charge in [-0.15, -0.1) is 0 Å². The molecule has 1 aromatic heterocycles. The van der Waals surface area contributed by atoms with Gasteiger partial charge < -0.3 is 9.47 Å². The Balaban J connectivity index is 1.61. The maximum absolute atomic E-state index is 12.8. The minimum absolute atomic E-state index is 0.240. The van der Waals surface area contributed by atoms with Crippen LogP contribution in [0.2, 0.25) is 0 Å². The number of para-hydroxylation sites is 2. The Morgan fingerprint density at radius 2 is 1.70 bits per heavy atom. The van der Waals surface area contributed by atoms with E-state index in [2.05, 4.69) is 5.32 Å². The lowest BCUT2D eigenvalue weighted by Gasteiger charge is -2.27. The largest absolute Gasteiger partial charge is 0.444 e. The summed E-state index contributed by atoms with van der Waals surface area (Å²) in [5.41, 5.74) is 0.874. The first kappa shape index (κ1) is 22.4. The van der Waals surface area contributed by atoms with Crippen LogP contribution < -0.4 is 10.1 Å². The Hall–Kier alpha value is -3.81. The lowest BCUT2D eigenvalue weighted by Crippen LogP contribution is -2.36. The SMILES string of the molecule is CC(C)(C)OC(=O)N1CCC[C@@H]1c1cc(NC(=O)Oc2ccccc2)n(-c2ccccc2)n1. The third kappa shape index (κ3) is 5.52. The normalized spacial score (nSPS) is 15.8. The summed E-state index contributed by atoms with van der Waals surface area (Å²) < 4.78 is 12.6. The van der Waals surface area contributed by atoms with Gasteiger partial charge in [-0.1, -0.05) is 36.4 Å². The van der Waals surface area contributed by atoms with Gasteiger partial charge in [0.05, 0.1) is 17.4 Å². The van der Waals surface area contributed by atoms with E-state index in [4.69, 9.17) is 14.6 Å². The fourth-order valence-electron chi connectivity index (χ4n) is 3.76. The van der Waals surface area contributed by atoms with Gasteiger partial charge in [-0.05, 0) is 57.9 Å². The molecule has 2 aromatic carbocycles. The van der Waals surface area contributed by atoms with Gasteiger partial charge in [0.15, 0.2) is 0 Å². The van der Waals surface area contributed by atoms with Crippen molar-refractivity contribution in [1.29, 1.82) is 0 Å². The number of rotatable bonds is 4. The van der Waals surface area contributed by atoms with E-state index in [0.717, 1.165) is 18.5 Å². The van der Waals surface area contributed by atoms with E-state index in [1.165, 1.54) is 0 Å². The standard InChI is InChI=1S/C25H28N4O4/c1-25(2,3)33-24(31)28-16-10-15-21(28)20-17-22(29(27-20)18-11-6-4-7-12-18)26-23(30)32-19-13-8-5-9-14-19/h4-9,11-14,17,21H,10,15-16H2,1-3H3,(H,26,30)/t21-/m1/s1. The maximum Gasteiger partial charge on any atom is 0.418 e. The molecular formula is C25H28N4O4. The zero-order valence-corrected chi connectivity index (χ0v) is 19.0. The summed E-state index contributed by atoms with van der Waals surface area (Å²) in [6.45, 7) is 6.14. The molecule has 0 spiro atoms. The molecule has 1 N–H and O–H groups in total. The lowest BCUT2D eigenvalue weighted by molar-refractivity contribution is 0.0221. The first-order valence-electron chi connectivity index (χ1n) is 11.0. The van der Waals surface area contributed by atoms with Gasteiger partial charge in [-0.2, -0.15) is 5.10 Å². The first-order valence-corrected chi connectivity index (χ1v) is 11.0. The summed E-state index contributed by atoms with van der Waals surface area (Å²) in [7, 11) is 0. The van der Waals surface area contributed by atoms with Crippen molar-refractivity contribution in [3.8, 4) is 11.4 Å². The third-order valence-corrected chi connectivity index (χ3v) is 5.14. The number of nitrogens with zero attached hydrogens (tertiary/aromatic N) is 3. The molecule has 8 nitrogen and oxygen atoms in total. The highest BCUT2D eigenvalue weighted by Gasteiger charge is 2.35. The Kier molecular flexibility index (Phi) is 6.35. The van der Waals surface area contributed by atoms with Gasteiger partial charge in [0, 0.05) is 12.6 Å². The summed E-state index contributed by atoms with van der Waals surface area (Å²) in [6, 6.07) is 19.9. The number of likely N-dealkylation sites (tertiary alicyclic amines) is 1. The number of hydrogen-bond donors (Lipinski definition) is 1. The van der Waals surface area contributed by atoms with Crippen molar-refractivity contribution < 1.29 is 19.1 Å². The van der Waals surface area contributed by atoms with E-state index in [-0.39, 0.29) is 12.1 Å². The zero-order valence-electron chi connectivity index (χ0n) is 19.0. The van der Waals surface area contributed by atoms with Gasteiger partial charge in [0.2, 0.25) is 0 Å². The molecule has 1 aliphatic rings. The second-order valence-corrected chi connectivity index (χ2v) is 8.86. The predicted octanol–water partition coefficient (Wildman–Crippen LogP) is 5.56. The zero-order chi connectivity index (χ0) is 23.4. The number of hydrogen-bond acceptors (Lipinski definition) is 5. The molecule has 1 saturated heterocycles. The molecule has 2 amide bonds. The molecule has 0 aliphatic carbocycles. The van der Waals surface area contributed by atoms with E-state index in [9.17, 15) is 9.59 Å². The van der Waals surface area contributed by atoms with Crippen LogP contribution in [0.15, 0.2) is 66.7 Å². The van der Waals surface area contributed by atoms with Crippen LogP contribution in [0.1, 0.15) is 45.3 Å². The van der Waals surface area contributed by atoms with Crippen LogP contribution in [-0.4, -0.2) is 39.0 Å². The number of aromatic nitrogens is 2. The summed E-state index contributed by atoms with van der Waals surface area (Å²) in [4.78, 5) is 27.0. The molecule has 33 heavy (non-hydrogen) atoms. The highest BCUT2D eigenvalue weighted by Crippen LogP contribution is 2.34. The molecule has 8 heteroatoms. The molecule has 0 radical (unpaired) electrons. The summed E-state index contributed by atoms with van der Waals surface area (Å²) >= 11 is 0. The van der Waals surface area contributed by atoms with Gasteiger partial charge >= 0.3 is 12.2 Å². The topological polar surface area (TPSA) is 85.7 Å². The number of carbonyl (C=O) groups is 2. The quantitative estimate of drug-likeness (QED) is 0.565. The van der Waals surface area contributed by atoms with Crippen LogP contribution in [0.4, 0.5) is 15.4 Å². The van der Waals surface area contributed by atoms with Gasteiger partial charge in [-0.25, -0.2) is 14.3 Å². The average molecular weight is 449 g/mol. The molecular weight excluding hydrogens is 420 g/mol. The van der Waals surface area contributed by atoms with Crippen molar-refractivity contribution in [2.24, 2.45) is 0 Å². The minimum Gasteiger partial charge on any atom is -0.444 e. The number of carbonyl (C=O) groups excluding carboxylic acids is 2. The molecule has 172 valence electrons. The second-order valence-electron chi connectivity index (χ2n) is 8.86. The van der Waals surface area contributed by atoms with Crippen molar-refractivity contribution in [3.63, 3.8) is 0 Å². The third-order valence-electron chi connectivity index (χ3n) is 5.14. The van der Waals surface area contributed by atoms with Crippen molar-refractivity contribution in [1.82, 2.24) is 14.7 Å². The molecule has 3 aromatic rings. The van der Waals surface area contributed by atoms with Crippen LogP contribution in [-0.2, 0) is 4.74 Å². The van der Waals surface area contributed by atoms with Crippen LogP contribution in [0.25, 0.3) is 5.69 Å². The molecule has 0 bridgehead atoms. The predicted molar refractivity (Wildman–Crippen MR) is 125 cm³/mol. The van der Waals surface area contributed by atoms with Crippen LogP contribution >= 0.6 is 0 Å². The number of benzene rings is 2. The number of ether oxygens (including phenoxy) is 2. The Morgan fingerprint density at radius 1 is 1.03 bits per heavy atom. The Bertz CT molecular complexity index is 1110. The van der Waals surface area contributed by atoms with Crippen molar-refractivity contribution in [3.05, 3.63) is 72.4 Å². The molecule has 1 fully saturated rings. The number of amides is 2. The van der Waals surface area contributed by atoms with Crippen LogP contribution in [0.3, 0.4) is 0 Å². The second kappa shape index (κ2) is 9.36. The molecule has 1 aliphatic heterocycles. The van der Waals surface area contributed by atoms with Crippen molar-refractivity contribution in [2.45, 2.75) is 45.3 Å². The van der Waals surface area contributed by atoms with E-state index in [1.807, 2.05) is 57.2 Å². The van der Waals surface area contributed by atoms with Crippen molar-refractivity contribution in [2.75, 3.05) is 11.9 Å². The lowest BCUT2D eigenvalue weighted by atomic mass is 10.1. The number of nitrogens with one attached hydrogen (secondary N) is 1. The minimum atomic E-state index is -0.625. The van der Waals surface area contributed by atoms with E-state index in [0.29, 0.717) is 23.8 Å². The fourth-order valence-corrected chi connectivity index (χ4v) is 3.76. The molecule has 1 atom stereocenters. The molecule has 2 heterocycles. The highest BCUT2D eigenvalue weighted by atomic mass is 16.6. The molecule has 4 rings (SSSR count). The highest BCUT2D eigenvalue weighted by molar-refractivity contribution is 5.85. The van der Waals surface area contributed by atoms with Gasteiger partial charge in [-0.3, -0.25) is 10.2 Å². The van der Waals surface area contributed by atoms with E-state index >= 15 is 0 Å². The van der Waals surface area contributed by atoms with Gasteiger partial charge in [0.1, 0.15) is 17.2 Å². The monoisotopic (exact) mass is 448 g/mol. The molecule has 0 saturated carbocycles. The van der Waals surface area contributed by atoms with Crippen LogP contribution in [0.5, 0.6) is 5.75 Å². The number of anilines is 1. The Labute approximate surface area is 193 Å². The van der Waals surface area contributed by atoms with E-state index in [1.54, 1.807) is 39.9 Å². The summed E-state index contributed by atoms with van der Waals surface area (Å²) in [6.07, 6.45) is 0.623.